The number of sulfone groups is 1. The molecule has 10 heteroatoms. The van der Waals surface area contributed by atoms with Gasteiger partial charge in [-0.2, -0.15) is 0 Å². The minimum Gasteiger partial charge on any atom is -0.487 e. The summed E-state index contributed by atoms with van der Waals surface area (Å²) < 4.78 is 43.9. The summed E-state index contributed by atoms with van der Waals surface area (Å²) in [6.07, 6.45) is 5.92. The van der Waals surface area contributed by atoms with Gasteiger partial charge in [-0.25, -0.2) is 12.8 Å². The maximum absolute atomic E-state index is 14.6. The first-order valence-corrected chi connectivity index (χ1v) is 12.5. The molecular weight excluding hydrogens is 465 g/mol. The van der Waals surface area contributed by atoms with E-state index in [1.807, 2.05) is 12.1 Å². The molecule has 0 unspecified atom stereocenters. The maximum atomic E-state index is 14.6. The number of pyridine rings is 2. The molecule has 1 amide bonds. The van der Waals surface area contributed by atoms with E-state index in [0.29, 0.717) is 28.5 Å². The number of anilines is 1. The van der Waals surface area contributed by atoms with Crippen molar-refractivity contribution in [3.63, 3.8) is 0 Å². The second kappa shape index (κ2) is 9.47. The first-order chi connectivity index (χ1) is 15.8. The second-order valence-electron chi connectivity index (χ2n) is 7.04. The fourth-order valence-corrected chi connectivity index (χ4v) is 4.57. The Kier molecular flexibility index (Phi) is 6.47. The largest absolute Gasteiger partial charge is 0.487 e. The highest BCUT2D eigenvalue weighted by Crippen LogP contribution is 2.32. The van der Waals surface area contributed by atoms with Crippen LogP contribution in [0.1, 0.15) is 15.2 Å². The molecule has 1 N–H and O–H groups in total. The number of hydrogen-bond acceptors (Lipinski definition) is 7. The zero-order chi connectivity index (χ0) is 23.4. The first-order valence-electron chi connectivity index (χ1n) is 9.68. The fraction of sp³-hybridized carbons (Fsp3) is 0.0870. The number of benzene rings is 1. The third-order valence-electron chi connectivity index (χ3n) is 4.60. The molecule has 0 saturated carbocycles. The van der Waals surface area contributed by atoms with Crippen LogP contribution in [0.5, 0.6) is 5.75 Å². The smallest absolute Gasteiger partial charge is 0.265 e. The number of ether oxygens (including phenoxy) is 1. The predicted octanol–water partition coefficient (Wildman–Crippen LogP) is 4.58. The lowest BCUT2D eigenvalue weighted by Crippen LogP contribution is -2.13. The molecule has 0 bridgehead atoms. The maximum Gasteiger partial charge on any atom is 0.265 e. The van der Waals surface area contributed by atoms with E-state index in [1.165, 1.54) is 12.1 Å². The van der Waals surface area contributed by atoms with Gasteiger partial charge < -0.3 is 10.1 Å². The van der Waals surface area contributed by atoms with Crippen molar-refractivity contribution in [3.8, 4) is 17.0 Å². The molecule has 4 aromatic rings. The van der Waals surface area contributed by atoms with Gasteiger partial charge in [0.05, 0.1) is 10.6 Å². The molecular formula is C23H18FN3O4S2. The third kappa shape index (κ3) is 5.24. The summed E-state index contributed by atoms with van der Waals surface area (Å²) in [7, 11) is -3.77. The minimum absolute atomic E-state index is 0.212. The van der Waals surface area contributed by atoms with Gasteiger partial charge in [-0.05, 0) is 36.4 Å². The van der Waals surface area contributed by atoms with Gasteiger partial charge in [0.15, 0.2) is 15.7 Å². The van der Waals surface area contributed by atoms with Gasteiger partial charge in [-0.3, -0.25) is 14.8 Å². The molecule has 0 fully saturated rings. The van der Waals surface area contributed by atoms with Crippen molar-refractivity contribution in [3.05, 3.63) is 88.8 Å². The number of carbonyl (C=O) groups excluding carboxylic acids is 1. The van der Waals surface area contributed by atoms with Crippen molar-refractivity contribution >= 4 is 32.8 Å². The Labute approximate surface area is 193 Å². The lowest BCUT2D eigenvalue weighted by Gasteiger charge is -2.09. The van der Waals surface area contributed by atoms with Crippen LogP contribution in [0.4, 0.5) is 10.1 Å². The number of aromatic nitrogens is 2. The number of carbonyl (C=O) groups is 1. The Morgan fingerprint density at radius 1 is 1.15 bits per heavy atom. The standard InChI is InChI=1S/C23H18FN3O4S2/c1-33(29,30)20-8-2-6-17(21(20)24)27-23(28)19-11-16(14-32-19)22-18(7-4-10-26-22)31-13-15-5-3-9-25-12-15/h2-12,14H,13H2,1H3,(H,27,28). The summed E-state index contributed by atoms with van der Waals surface area (Å²) >= 11 is 1.15. The van der Waals surface area contributed by atoms with Gasteiger partial charge in [0, 0.05) is 41.4 Å². The summed E-state index contributed by atoms with van der Waals surface area (Å²) in [4.78, 5) is 21.0. The van der Waals surface area contributed by atoms with E-state index in [9.17, 15) is 17.6 Å². The van der Waals surface area contributed by atoms with E-state index in [4.69, 9.17) is 4.74 Å². The van der Waals surface area contributed by atoms with Crippen LogP contribution in [0.2, 0.25) is 0 Å². The molecule has 3 aromatic heterocycles. The van der Waals surface area contributed by atoms with E-state index in [-0.39, 0.29) is 5.69 Å². The van der Waals surface area contributed by atoms with Gasteiger partial charge in [0.25, 0.3) is 5.91 Å². The summed E-state index contributed by atoms with van der Waals surface area (Å²) in [5.41, 5.74) is 1.91. The lowest BCUT2D eigenvalue weighted by molar-refractivity contribution is 0.103. The monoisotopic (exact) mass is 483 g/mol. The number of amides is 1. The SMILES string of the molecule is CS(=O)(=O)c1cccc(NC(=O)c2cc(-c3ncccc3OCc3cccnc3)cs2)c1F. The van der Waals surface area contributed by atoms with Crippen LogP contribution in [0.3, 0.4) is 0 Å². The highest BCUT2D eigenvalue weighted by atomic mass is 32.2. The van der Waals surface area contributed by atoms with Gasteiger partial charge >= 0.3 is 0 Å². The molecule has 1 aromatic carbocycles. The Morgan fingerprint density at radius 3 is 2.73 bits per heavy atom. The molecule has 0 aliphatic rings. The van der Waals surface area contributed by atoms with Crippen molar-refractivity contribution in [2.75, 3.05) is 11.6 Å². The van der Waals surface area contributed by atoms with Crippen LogP contribution in [-0.2, 0) is 16.4 Å². The van der Waals surface area contributed by atoms with E-state index >= 15 is 0 Å². The number of rotatable bonds is 7. The summed E-state index contributed by atoms with van der Waals surface area (Å²) in [6.45, 7) is 0.306. The number of hydrogen-bond donors (Lipinski definition) is 1. The molecule has 0 atom stereocenters. The molecule has 0 spiro atoms. The summed E-state index contributed by atoms with van der Waals surface area (Å²) in [5.74, 6) is -1.02. The van der Waals surface area contributed by atoms with Crippen molar-refractivity contribution in [2.24, 2.45) is 0 Å². The topological polar surface area (TPSA) is 98.2 Å². The molecule has 0 radical (unpaired) electrons. The molecule has 33 heavy (non-hydrogen) atoms. The van der Waals surface area contributed by atoms with Crippen molar-refractivity contribution < 1.29 is 22.3 Å². The van der Waals surface area contributed by atoms with Crippen LogP contribution in [-0.4, -0.2) is 30.5 Å². The van der Waals surface area contributed by atoms with Crippen LogP contribution in [0.15, 0.2) is 77.4 Å². The highest BCUT2D eigenvalue weighted by molar-refractivity contribution is 7.90. The predicted molar refractivity (Wildman–Crippen MR) is 124 cm³/mol. The third-order valence-corrected chi connectivity index (χ3v) is 6.64. The zero-order valence-corrected chi connectivity index (χ0v) is 19.0. The Morgan fingerprint density at radius 2 is 1.97 bits per heavy atom. The molecule has 3 heterocycles. The van der Waals surface area contributed by atoms with E-state index in [2.05, 4.69) is 15.3 Å². The minimum atomic E-state index is -3.77. The van der Waals surface area contributed by atoms with Crippen molar-refractivity contribution in [1.82, 2.24) is 9.97 Å². The first kappa shape index (κ1) is 22.6. The van der Waals surface area contributed by atoms with Crippen LogP contribution >= 0.6 is 11.3 Å². The van der Waals surface area contributed by atoms with Crippen molar-refractivity contribution in [1.29, 1.82) is 0 Å². The van der Waals surface area contributed by atoms with Gasteiger partial charge in [-0.1, -0.05) is 12.1 Å². The number of nitrogens with zero attached hydrogens (tertiary/aromatic N) is 2. The number of halogens is 1. The van der Waals surface area contributed by atoms with E-state index < -0.39 is 26.5 Å². The van der Waals surface area contributed by atoms with Gasteiger partial charge in [-0.15, -0.1) is 11.3 Å². The quantitative estimate of drug-likeness (QED) is 0.413. The average molecular weight is 484 g/mol. The van der Waals surface area contributed by atoms with Gasteiger partial charge in [0.2, 0.25) is 0 Å². The van der Waals surface area contributed by atoms with Gasteiger partial charge in [0.1, 0.15) is 22.9 Å². The molecule has 7 nitrogen and oxygen atoms in total. The van der Waals surface area contributed by atoms with Crippen LogP contribution < -0.4 is 10.1 Å². The number of nitrogens with one attached hydrogen (secondary N) is 1. The Bertz CT molecular complexity index is 1410. The molecule has 0 aliphatic carbocycles. The van der Waals surface area contributed by atoms with E-state index in [0.717, 1.165) is 29.2 Å². The average Bonchev–Trinajstić information content (AvgIpc) is 3.29. The Balaban J connectivity index is 1.54. The van der Waals surface area contributed by atoms with E-state index in [1.54, 1.807) is 42.2 Å². The fourth-order valence-electron chi connectivity index (χ4n) is 3.03. The van der Waals surface area contributed by atoms with Crippen molar-refractivity contribution in [2.45, 2.75) is 11.5 Å². The normalized spacial score (nSPS) is 11.2. The molecule has 168 valence electrons. The molecule has 0 saturated heterocycles. The summed E-state index contributed by atoms with van der Waals surface area (Å²) in [6, 6.07) is 12.7. The zero-order valence-electron chi connectivity index (χ0n) is 17.4. The summed E-state index contributed by atoms with van der Waals surface area (Å²) in [5, 5.41) is 4.19. The number of thiophene rings is 1. The molecule has 0 aliphatic heterocycles. The molecule has 4 rings (SSSR count). The lowest BCUT2D eigenvalue weighted by atomic mass is 10.2. The second-order valence-corrected chi connectivity index (χ2v) is 9.94. The van der Waals surface area contributed by atoms with Crippen LogP contribution in [0, 0.1) is 5.82 Å². The van der Waals surface area contributed by atoms with Crippen LogP contribution in [0.25, 0.3) is 11.3 Å². The Hall–Kier alpha value is -3.63. The highest BCUT2D eigenvalue weighted by Gasteiger charge is 2.20.